The molecule has 0 aliphatic carbocycles. The van der Waals surface area contributed by atoms with Crippen LogP contribution in [-0.4, -0.2) is 31.0 Å². The van der Waals surface area contributed by atoms with Gasteiger partial charge >= 0.3 is 0 Å². The number of aromatic hydroxyl groups is 2. The molecular formula is C22H26O5. The largest absolute Gasteiger partial charge is 0.504 e. The molecule has 5 heteroatoms. The molecule has 144 valence electrons. The normalized spacial score (nSPS) is 10.7. The zero-order chi connectivity index (χ0) is 19.8. The summed E-state index contributed by atoms with van der Waals surface area (Å²) >= 11 is 0. The molecule has 0 aliphatic heterocycles. The number of hydrogen-bond donors (Lipinski definition) is 2. The molecule has 0 aliphatic rings. The molecule has 2 N–H and O–H groups in total. The number of benzene rings is 2. The molecular weight excluding hydrogens is 344 g/mol. The molecule has 27 heavy (non-hydrogen) atoms. The van der Waals surface area contributed by atoms with Crippen LogP contribution in [0.2, 0.25) is 0 Å². The van der Waals surface area contributed by atoms with Crippen LogP contribution in [0, 0.1) is 0 Å². The first-order valence-electron chi connectivity index (χ1n) is 8.64. The maximum absolute atomic E-state index is 10.6. The van der Waals surface area contributed by atoms with Gasteiger partial charge < -0.3 is 24.4 Å². The molecule has 2 aromatic carbocycles. The second-order valence-corrected chi connectivity index (χ2v) is 6.23. The van der Waals surface area contributed by atoms with E-state index >= 15 is 0 Å². The summed E-state index contributed by atoms with van der Waals surface area (Å²) in [7, 11) is 3.05. The molecule has 0 aromatic heterocycles. The van der Waals surface area contributed by atoms with Crippen LogP contribution in [0.4, 0.5) is 0 Å². The summed E-state index contributed by atoms with van der Waals surface area (Å²) in [6.45, 7) is 4.33. The van der Waals surface area contributed by atoms with E-state index in [0.717, 1.165) is 16.7 Å². The minimum Gasteiger partial charge on any atom is -0.504 e. The fourth-order valence-corrected chi connectivity index (χ4v) is 2.47. The SMILES string of the molecule is COc1cc(/C=C/Cc2ccc(OC)c(OCC=C(C)C)c2O)ccc1O. The summed E-state index contributed by atoms with van der Waals surface area (Å²) in [5.41, 5.74) is 2.75. The van der Waals surface area contributed by atoms with E-state index in [1.54, 1.807) is 31.4 Å². The lowest BCUT2D eigenvalue weighted by atomic mass is 10.1. The smallest absolute Gasteiger partial charge is 0.203 e. The topological polar surface area (TPSA) is 68.2 Å². The van der Waals surface area contributed by atoms with Crippen molar-refractivity contribution in [2.24, 2.45) is 0 Å². The van der Waals surface area contributed by atoms with Crippen molar-refractivity contribution >= 4 is 6.08 Å². The third-order valence-corrected chi connectivity index (χ3v) is 3.97. The second kappa shape index (κ2) is 9.57. The van der Waals surface area contributed by atoms with Crippen LogP contribution in [0.3, 0.4) is 0 Å². The van der Waals surface area contributed by atoms with E-state index in [1.165, 1.54) is 7.11 Å². The molecule has 0 radical (unpaired) electrons. The second-order valence-electron chi connectivity index (χ2n) is 6.23. The van der Waals surface area contributed by atoms with Gasteiger partial charge in [0.15, 0.2) is 23.0 Å². The minimum absolute atomic E-state index is 0.0736. The van der Waals surface area contributed by atoms with Crippen molar-refractivity contribution in [1.29, 1.82) is 0 Å². The van der Waals surface area contributed by atoms with Crippen molar-refractivity contribution in [3.63, 3.8) is 0 Å². The Kier molecular flexibility index (Phi) is 7.17. The van der Waals surface area contributed by atoms with Crippen LogP contribution in [0.25, 0.3) is 6.08 Å². The Morgan fingerprint density at radius 1 is 1.00 bits per heavy atom. The average molecular weight is 370 g/mol. The number of ether oxygens (including phenoxy) is 3. The highest BCUT2D eigenvalue weighted by atomic mass is 16.5. The first kappa shape index (κ1) is 20.2. The fourth-order valence-electron chi connectivity index (χ4n) is 2.47. The summed E-state index contributed by atoms with van der Waals surface area (Å²) in [6, 6.07) is 8.70. The van der Waals surface area contributed by atoms with Gasteiger partial charge in [0.25, 0.3) is 0 Å². The predicted octanol–water partition coefficient (Wildman–Crippen LogP) is 4.72. The first-order valence-corrected chi connectivity index (χ1v) is 8.64. The fraction of sp³-hybridized carbons (Fsp3) is 0.273. The molecule has 5 nitrogen and oxygen atoms in total. The van der Waals surface area contributed by atoms with Crippen molar-refractivity contribution in [1.82, 2.24) is 0 Å². The van der Waals surface area contributed by atoms with Gasteiger partial charge in [-0.25, -0.2) is 0 Å². The lowest BCUT2D eigenvalue weighted by Crippen LogP contribution is -1.99. The van der Waals surface area contributed by atoms with E-state index in [1.807, 2.05) is 38.1 Å². The molecule has 0 saturated carbocycles. The highest BCUT2D eigenvalue weighted by Gasteiger charge is 2.14. The van der Waals surface area contributed by atoms with E-state index in [2.05, 4.69) is 0 Å². The maximum atomic E-state index is 10.6. The first-order chi connectivity index (χ1) is 13.0. The number of allylic oxidation sites excluding steroid dienone is 2. The number of hydrogen-bond acceptors (Lipinski definition) is 5. The van der Waals surface area contributed by atoms with Crippen LogP contribution < -0.4 is 14.2 Å². The lowest BCUT2D eigenvalue weighted by Gasteiger charge is -2.13. The highest BCUT2D eigenvalue weighted by Crippen LogP contribution is 2.39. The Morgan fingerprint density at radius 3 is 2.41 bits per heavy atom. The Morgan fingerprint density at radius 2 is 1.74 bits per heavy atom. The third kappa shape index (κ3) is 5.45. The Balaban J connectivity index is 2.17. The van der Waals surface area contributed by atoms with Crippen LogP contribution >= 0.6 is 0 Å². The monoisotopic (exact) mass is 370 g/mol. The Hall–Kier alpha value is -3.08. The average Bonchev–Trinajstić information content (AvgIpc) is 2.65. The Labute approximate surface area is 160 Å². The summed E-state index contributed by atoms with van der Waals surface area (Å²) < 4.78 is 16.1. The van der Waals surface area contributed by atoms with Gasteiger partial charge in [0.2, 0.25) is 5.75 Å². The number of rotatable bonds is 8. The zero-order valence-electron chi connectivity index (χ0n) is 16.2. The van der Waals surface area contributed by atoms with E-state index in [-0.39, 0.29) is 11.5 Å². The molecule has 0 unspecified atom stereocenters. The summed E-state index contributed by atoms with van der Waals surface area (Å²) in [5, 5.41) is 20.2. The standard InChI is InChI=1S/C22H26O5/c1-15(2)12-13-27-22-19(25-3)11-9-17(21(22)24)7-5-6-16-8-10-18(23)20(14-16)26-4/h5-6,8-12,14,23-24H,7,13H2,1-4H3/b6-5+. The van der Waals surface area contributed by atoms with Gasteiger partial charge in [-0.2, -0.15) is 0 Å². The number of phenolic OH excluding ortho intramolecular Hbond substituents is 2. The van der Waals surface area contributed by atoms with Gasteiger partial charge in [0, 0.05) is 5.56 Å². The zero-order valence-corrected chi connectivity index (χ0v) is 16.2. The van der Waals surface area contributed by atoms with Crippen molar-refractivity contribution in [3.05, 3.63) is 59.2 Å². The van der Waals surface area contributed by atoms with Gasteiger partial charge in [-0.05, 0) is 50.1 Å². The Bertz CT molecular complexity index is 833. The van der Waals surface area contributed by atoms with Gasteiger partial charge in [0.05, 0.1) is 14.2 Å². The van der Waals surface area contributed by atoms with E-state index < -0.39 is 0 Å². The molecule has 0 fully saturated rings. The summed E-state index contributed by atoms with van der Waals surface area (Å²) in [4.78, 5) is 0. The lowest BCUT2D eigenvalue weighted by molar-refractivity contribution is 0.305. The van der Waals surface area contributed by atoms with Crippen molar-refractivity contribution in [2.75, 3.05) is 20.8 Å². The van der Waals surface area contributed by atoms with Crippen molar-refractivity contribution < 1.29 is 24.4 Å². The van der Waals surface area contributed by atoms with E-state index in [9.17, 15) is 10.2 Å². The molecule has 0 spiro atoms. The molecule has 2 aromatic rings. The summed E-state index contributed by atoms with van der Waals surface area (Å²) in [5.74, 6) is 1.42. The quantitative estimate of drug-likeness (QED) is 0.658. The number of methoxy groups -OCH3 is 2. The van der Waals surface area contributed by atoms with Crippen LogP contribution in [0.1, 0.15) is 25.0 Å². The molecule has 0 heterocycles. The van der Waals surface area contributed by atoms with Gasteiger partial charge in [-0.15, -0.1) is 0 Å². The molecule has 0 amide bonds. The molecule has 0 bridgehead atoms. The van der Waals surface area contributed by atoms with Gasteiger partial charge in [-0.3, -0.25) is 0 Å². The predicted molar refractivity (Wildman–Crippen MR) is 107 cm³/mol. The number of phenols is 2. The minimum atomic E-state index is 0.0736. The van der Waals surface area contributed by atoms with Crippen LogP contribution in [-0.2, 0) is 6.42 Å². The van der Waals surface area contributed by atoms with Gasteiger partial charge in [0.1, 0.15) is 6.61 Å². The maximum Gasteiger partial charge on any atom is 0.203 e. The highest BCUT2D eigenvalue weighted by molar-refractivity contribution is 5.58. The van der Waals surface area contributed by atoms with E-state index in [0.29, 0.717) is 30.3 Å². The molecule has 0 atom stereocenters. The molecule has 2 rings (SSSR count). The van der Waals surface area contributed by atoms with E-state index in [4.69, 9.17) is 14.2 Å². The third-order valence-electron chi connectivity index (χ3n) is 3.97. The van der Waals surface area contributed by atoms with Gasteiger partial charge in [-0.1, -0.05) is 29.9 Å². The van der Waals surface area contributed by atoms with Crippen LogP contribution in [0.15, 0.2) is 48.1 Å². The molecule has 0 saturated heterocycles. The van der Waals surface area contributed by atoms with Crippen LogP contribution in [0.5, 0.6) is 28.7 Å². The van der Waals surface area contributed by atoms with Crippen molar-refractivity contribution in [3.8, 4) is 28.7 Å². The summed E-state index contributed by atoms with van der Waals surface area (Å²) in [6.07, 6.45) is 6.27. The van der Waals surface area contributed by atoms with Crippen molar-refractivity contribution in [2.45, 2.75) is 20.3 Å².